The van der Waals surface area contributed by atoms with Gasteiger partial charge in [-0.25, -0.2) is 0 Å². The number of rotatable bonds is 5. The molecule has 0 radical (unpaired) electrons. The van der Waals surface area contributed by atoms with E-state index in [-0.39, 0.29) is 11.9 Å². The molecule has 1 unspecified atom stereocenters. The van der Waals surface area contributed by atoms with E-state index >= 15 is 0 Å². The van der Waals surface area contributed by atoms with Crippen LogP contribution < -0.4 is 0 Å². The summed E-state index contributed by atoms with van der Waals surface area (Å²) < 4.78 is 5.52. The number of carbonyl (C=O) groups is 1. The molecule has 0 spiro atoms. The number of furan rings is 1. The van der Waals surface area contributed by atoms with Crippen LogP contribution in [0.3, 0.4) is 0 Å². The van der Waals surface area contributed by atoms with Crippen molar-refractivity contribution in [3.63, 3.8) is 0 Å². The van der Waals surface area contributed by atoms with Gasteiger partial charge in [0, 0.05) is 11.6 Å². The average molecular weight is 331 g/mol. The van der Waals surface area contributed by atoms with Gasteiger partial charge in [0.15, 0.2) is 0 Å². The fourth-order valence-corrected chi connectivity index (χ4v) is 3.26. The molecule has 0 saturated heterocycles. The first-order valence-corrected chi connectivity index (χ1v) is 8.75. The number of hydrogen-bond donors (Lipinski definition) is 0. The molecule has 4 rings (SSSR count). The lowest BCUT2D eigenvalue weighted by Crippen LogP contribution is -2.35. The highest BCUT2D eigenvalue weighted by molar-refractivity contribution is 5.95. The maximum Gasteiger partial charge on any atom is 0.254 e. The van der Waals surface area contributed by atoms with Gasteiger partial charge in [-0.05, 0) is 55.2 Å². The molecule has 1 atom stereocenters. The van der Waals surface area contributed by atoms with Gasteiger partial charge in [-0.1, -0.05) is 42.5 Å². The van der Waals surface area contributed by atoms with Crippen LogP contribution in [0.4, 0.5) is 0 Å². The summed E-state index contributed by atoms with van der Waals surface area (Å²) in [4.78, 5) is 15.1. The van der Waals surface area contributed by atoms with Crippen LogP contribution in [-0.2, 0) is 0 Å². The lowest BCUT2D eigenvalue weighted by atomic mass is 10.0. The van der Waals surface area contributed by atoms with Crippen molar-refractivity contribution in [2.24, 2.45) is 0 Å². The summed E-state index contributed by atoms with van der Waals surface area (Å²) in [6, 6.07) is 22.2. The SMILES string of the molecule is CC(c1ccco1)N(C(=O)c1ccc(-c2ccccc2)cc1)C1CC1. The van der Waals surface area contributed by atoms with Gasteiger partial charge in [0.2, 0.25) is 0 Å². The van der Waals surface area contributed by atoms with E-state index in [4.69, 9.17) is 4.42 Å². The number of carbonyl (C=O) groups excluding carboxylic acids is 1. The molecule has 1 amide bonds. The van der Waals surface area contributed by atoms with E-state index in [1.807, 2.05) is 66.4 Å². The first-order chi connectivity index (χ1) is 12.2. The fraction of sp³-hybridized carbons (Fsp3) is 0.227. The van der Waals surface area contributed by atoms with E-state index in [1.165, 1.54) is 0 Å². The van der Waals surface area contributed by atoms with Crippen molar-refractivity contribution in [2.45, 2.75) is 31.8 Å². The van der Waals surface area contributed by atoms with Crippen LogP contribution in [-0.4, -0.2) is 16.8 Å². The molecule has 3 nitrogen and oxygen atoms in total. The van der Waals surface area contributed by atoms with Gasteiger partial charge < -0.3 is 9.32 Å². The van der Waals surface area contributed by atoms with Gasteiger partial charge in [0.05, 0.1) is 12.3 Å². The summed E-state index contributed by atoms with van der Waals surface area (Å²) in [6.45, 7) is 2.04. The highest BCUT2D eigenvalue weighted by Crippen LogP contribution is 2.36. The summed E-state index contributed by atoms with van der Waals surface area (Å²) in [5.41, 5.74) is 3.00. The van der Waals surface area contributed by atoms with Crippen LogP contribution in [0.15, 0.2) is 77.4 Å². The van der Waals surface area contributed by atoms with Crippen molar-refractivity contribution >= 4 is 5.91 Å². The van der Waals surface area contributed by atoms with Crippen LogP contribution in [0, 0.1) is 0 Å². The minimum absolute atomic E-state index is 0.0520. The Bertz CT molecular complexity index is 834. The molecule has 0 bridgehead atoms. The normalized spacial score (nSPS) is 14.9. The number of amides is 1. The van der Waals surface area contributed by atoms with Crippen molar-refractivity contribution in [3.8, 4) is 11.1 Å². The minimum Gasteiger partial charge on any atom is -0.467 e. The molecular formula is C22H21NO2. The maximum absolute atomic E-state index is 13.1. The molecule has 1 aliphatic rings. The minimum atomic E-state index is -0.0520. The third-order valence-electron chi connectivity index (χ3n) is 4.79. The number of benzene rings is 2. The predicted octanol–water partition coefficient (Wildman–Crippen LogP) is 5.31. The van der Waals surface area contributed by atoms with E-state index in [2.05, 4.69) is 12.1 Å². The largest absolute Gasteiger partial charge is 0.467 e. The van der Waals surface area contributed by atoms with Crippen molar-refractivity contribution in [1.82, 2.24) is 4.90 Å². The summed E-state index contributed by atoms with van der Waals surface area (Å²) >= 11 is 0. The second-order valence-electron chi connectivity index (χ2n) is 6.58. The van der Waals surface area contributed by atoms with Crippen LogP contribution in [0.25, 0.3) is 11.1 Å². The molecule has 126 valence electrons. The van der Waals surface area contributed by atoms with Crippen molar-refractivity contribution < 1.29 is 9.21 Å². The lowest BCUT2D eigenvalue weighted by molar-refractivity contribution is 0.0653. The Balaban J connectivity index is 1.58. The molecule has 0 N–H and O–H groups in total. The average Bonchev–Trinajstić information content (AvgIpc) is 3.34. The smallest absolute Gasteiger partial charge is 0.254 e. The second-order valence-corrected chi connectivity index (χ2v) is 6.58. The molecule has 3 aromatic rings. The van der Waals surface area contributed by atoms with Gasteiger partial charge in [-0.15, -0.1) is 0 Å². The standard InChI is InChI=1S/C22H21NO2/c1-16(21-8-5-15-25-21)23(20-13-14-20)22(24)19-11-9-18(10-12-19)17-6-3-2-4-7-17/h2-12,15-16,20H,13-14H2,1H3. The molecule has 1 saturated carbocycles. The highest BCUT2D eigenvalue weighted by Gasteiger charge is 2.37. The first-order valence-electron chi connectivity index (χ1n) is 8.75. The van der Waals surface area contributed by atoms with E-state index < -0.39 is 0 Å². The van der Waals surface area contributed by atoms with Gasteiger partial charge in [0.25, 0.3) is 5.91 Å². The Hall–Kier alpha value is -2.81. The Morgan fingerprint density at radius 3 is 2.24 bits per heavy atom. The van der Waals surface area contributed by atoms with Gasteiger partial charge >= 0.3 is 0 Å². The third-order valence-corrected chi connectivity index (χ3v) is 4.79. The van der Waals surface area contributed by atoms with Crippen LogP contribution in [0.1, 0.15) is 41.9 Å². The van der Waals surface area contributed by atoms with Crippen molar-refractivity contribution in [3.05, 3.63) is 84.3 Å². The Morgan fingerprint density at radius 2 is 1.64 bits per heavy atom. The Labute approximate surface area is 147 Å². The fourth-order valence-electron chi connectivity index (χ4n) is 3.26. The topological polar surface area (TPSA) is 33.5 Å². The molecule has 1 aromatic heterocycles. The summed E-state index contributed by atoms with van der Waals surface area (Å²) in [6.07, 6.45) is 3.80. The number of nitrogens with zero attached hydrogens (tertiary/aromatic N) is 1. The zero-order valence-electron chi connectivity index (χ0n) is 14.3. The van der Waals surface area contributed by atoms with E-state index in [9.17, 15) is 4.79 Å². The molecule has 1 fully saturated rings. The molecule has 1 heterocycles. The first kappa shape index (κ1) is 15.7. The molecule has 2 aromatic carbocycles. The van der Waals surface area contributed by atoms with Crippen LogP contribution >= 0.6 is 0 Å². The highest BCUT2D eigenvalue weighted by atomic mass is 16.3. The molecule has 1 aliphatic carbocycles. The van der Waals surface area contributed by atoms with Crippen molar-refractivity contribution in [1.29, 1.82) is 0 Å². The summed E-state index contributed by atoms with van der Waals surface area (Å²) in [5.74, 6) is 0.909. The maximum atomic E-state index is 13.1. The third kappa shape index (κ3) is 3.22. The summed E-state index contributed by atoms with van der Waals surface area (Å²) in [5, 5.41) is 0. The van der Waals surface area contributed by atoms with Gasteiger partial charge in [-0.2, -0.15) is 0 Å². The van der Waals surface area contributed by atoms with Gasteiger partial charge in [-0.3, -0.25) is 4.79 Å². The van der Waals surface area contributed by atoms with E-state index in [0.717, 1.165) is 35.3 Å². The zero-order valence-corrected chi connectivity index (χ0v) is 14.3. The van der Waals surface area contributed by atoms with E-state index in [0.29, 0.717) is 6.04 Å². The Kier molecular flexibility index (Phi) is 4.14. The molecule has 3 heteroatoms. The zero-order chi connectivity index (χ0) is 17.2. The van der Waals surface area contributed by atoms with Crippen molar-refractivity contribution in [2.75, 3.05) is 0 Å². The molecular weight excluding hydrogens is 310 g/mol. The lowest BCUT2D eigenvalue weighted by Gasteiger charge is -2.28. The number of hydrogen-bond acceptors (Lipinski definition) is 2. The van der Waals surface area contributed by atoms with Crippen LogP contribution in [0.5, 0.6) is 0 Å². The van der Waals surface area contributed by atoms with Crippen LogP contribution in [0.2, 0.25) is 0 Å². The monoisotopic (exact) mass is 331 g/mol. The Morgan fingerprint density at radius 1 is 0.960 bits per heavy atom. The molecule has 0 aliphatic heterocycles. The van der Waals surface area contributed by atoms with E-state index in [1.54, 1.807) is 6.26 Å². The molecule has 25 heavy (non-hydrogen) atoms. The quantitative estimate of drug-likeness (QED) is 0.634. The second kappa shape index (κ2) is 6.60. The van der Waals surface area contributed by atoms with Gasteiger partial charge in [0.1, 0.15) is 5.76 Å². The predicted molar refractivity (Wildman–Crippen MR) is 98.2 cm³/mol. The summed E-state index contributed by atoms with van der Waals surface area (Å²) in [7, 11) is 0.